The van der Waals surface area contributed by atoms with Crippen LogP contribution >= 0.6 is 11.8 Å². The molecular formula is C16H20N2O3S. The third-order valence-corrected chi connectivity index (χ3v) is 5.87. The number of hydrogen-bond acceptors (Lipinski definition) is 4. The molecule has 1 aromatic rings. The molecule has 3 rings (SSSR count). The minimum atomic E-state index is -0.407. The van der Waals surface area contributed by atoms with E-state index in [2.05, 4.69) is 5.32 Å². The van der Waals surface area contributed by atoms with Gasteiger partial charge in [-0.1, -0.05) is 6.07 Å². The molecule has 6 heteroatoms. The Morgan fingerprint density at radius 2 is 2.27 bits per heavy atom. The van der Waals surface area contributed by atoms with E-state index in [4.69, 9.17) is 4.74 Å². The van der Waals surface area contributed by atoms with Crippen molar-refractivity contribution in [2.24, 2.45) is 0 Å². The van der Waals surface area contributed by atoms with E-state index in [1.54, 1.807) is 23.8 Å². The summed E-state index contributed by atoms with van der Waals surface area (Å²) in [4.78, 5) is 26.3. The van der Waals surface area contributed by atoms with Crippen molar-refractivity contribution in [3.8, 4) is 5.75 Å². The molecule has 2 aliphatic rings. The molecule has 0 aromatic heterocycles. The molecule has 1 aromatic carbocycles. The zero-order valence-electron chi connectivity index (χ0n) is 13.0. The molecule has 2 atom stereocenters. The van der Waals surface area contributed by atoms with Gasteiger partial charge in [0.05, 0.1) is 17.7 Å². The van der Waals surface area contributed by atoms with E-state index < -0.39 is 6.04 Å². The van der Waals surface area contributed by atoms with Crippen LogP contribution in [0.2, 0.25) is 0 Å². The summed E-state index contributed by atoms with van der Waals surface area (Å²) < 4.78 is 5.29. The first-order valence-corrected chi connectivity index (χ1v) is 8.35. The van der Waals surface area contributed by atoms with E-state index in [9.17, 15) is 9.59 Å². The number of ether oxygens (including phenoxy) is 1. The van der Waals surface area contributed by atoms with E-state index in [-0.39, 0.29) is 16.7 Å². The summed E-state index contributed by atoms with van der Waals surface area (Å²) in [6.45, 7) is 4.00. The Morgan fingerprint density at radius 1 is 1.50 bits per heavy atom. The first-order valence-electron chi connectivity index (χ1n) is 7.36. The molecule has 2 heterocycles. The number of anilines is 1. The topological polar surface area (TPSA) is 58.6 Å². The van der Waals surface area contributed by atoms with Crippen molar-refractivity contribution in [2.45, 2.75) is 37.6 Å². The molecule has 0 bridgehead atoms. The van der Waals surface area contributed by atoms with E-state index in [0.717, 1.165) is 12.0 Å². The van der Waals surface area contributed by atoms with Crippen LogP contribution in [0, 0.1) is 6.92 Å². The van der Waals surface area contributed by atoms with Gasteiger partial charge in [0.15, 0.2) is 0 Å². The number of carbonyl (C=O) groups excluding carboxylic acids is 2. The number of carbonyl (C=O) groups is 2. The molecule has 0 radical (unpaired) electrons. The zero-order chi connectivity index (χ0) is 15.9. The van der Waals surface area contributed by atoms with Gasteiger partial charge in [-0.25, -0.2) is 0 Å². The quantitative estimate of drug-likeness (QED) is 0.929. The number of rotatable bonds is 3. The van der Waals surface area contributed by atoms with Crippen LogP contribution in [0.1, 0.15) is 25.3 Å². The van der Waals surface area contributed by atoms with Gasteiger partial charge in [0, 0.05) is 12.2 Å². The average molecular weight is 320 g/mol. The number of amides is 2. The van der Waals surface area contributed by atoms with Gasteiger partial charge in [-0.3, -0.25) is 9.59 Å². The minimum absolute atomic E-state index is 0.0730. The molecule has 22 heavy (non-hydrogen) atoms. The normalized spacial score (nSPS) is 27.0. The fraction of sp³-hybridized carbons (Fsp3) is 0.500. The second-order valence-electron chi connectivity index (χ2n) is 5.96. The summed E-state index contributed by atoms with van der Waals surface area (Å²) in [6, 6.07) is 5.24. The summed E-state index contributed by atoms with van der Waals surface area (Å²) in [5.74, 6) is 1.20. The summed E-state index contributed by atoms with van der Waals surface area (Å²) >= 11 is 1.69. The fourth-order valence-corrected chi connectivity index (χ4v) is 4.58. The van der Waals surface area contributed by atoms with Crippen LogP contribution in [0.5, 0.6) is 5.75 Å². The lowest BCUT2D eigenvalue weighted by Crippen LogP contribution is -2.48. The Hall–Kier alpha value is -1.69. The third-order valence-electron chi connectivity index (χ3n) is 4.36. The number of fused-ring (bicyclic) bond motifs is 1. The largest absolute Gasteiger partial charge is 0.495 e. The molecule has 2 amide bonds. The van der Waals surface area contributed by atoms with Crippen LogP contribution in [-0.4, -0.2) is 40.5 Å². The summed E-state index contributed by atoms with van der Waals surface area (Å²) in [6.07, 6.45) is 1.34. The third kappa shape index (κ3) is 2.45. The van der Waals surface area contributed by atoms with Crippen molar-refractivity contribution in [1.29, 1.82) is 0 Å². The second-order valence-corrected chi connectivity index (χ2v) is 7.46. The minimum Gasteiger partial charge on any atom is -0.495 e. The van der Waals surface area contributed by atoms with E-state index in [0.29, 0.717) is 23.6 Å². The highest BCUT2D eigenvalue weighted by molar-refractivity contribution is 8.01. The highest BCUT2D eigenvalue weighted by Gasteiger charge is 2.52. The Labute approximate surface area is 134 Å². The lowest BCUT2D eigenvalue weighted by atomic mass is 10.1. The first kappa shape index (κ1) is 15.2. The van der Waals surface area contributed by atoms with Crippen LogP contribution in [0.25, 0.3) is 0 Å². The van der Waals surface area contributed by atoms with Gasteiger partial charge < -0.3 is 15.0 Å². The highest BCUT2D eigenvalue weighted by Crippen LogP contribution is 2.47. The predicted molar refractivity (Wildman–Crippen MR) is 87.1 cm³/mol. The zero-order valence-corrected chi connectivity index (χ0v) is 13.8. The summed E-state index contributed by atoms with van der Waals surface area (Å²) in [5.41, 5.74) is 1.69. The van der Waals surface area contributed by atoms with E-state index in [1.165, 1.54) is 0 Å². The molecule has 2 fully saturated rings. The molecule has 2 saturated heterocycles. The maximum absolute atomic E-state index is 12.7. The van der Waals surface area contributed by atoms with Gasteiger partial charge in [-0.2, -0.15) is 0 Å². The highest BCUT2D eigenvalue weighted by atomic mass is 32.2. The molecule has 0 spiro atoms. The lowest BCUT2D eigenvalue weighted by Gasteiger charge is -2.30. The maximum Gasteiger partial charge on any atom is 0.248 e. The Morgan fingerprint density at radius 3 is 3.00 bits per heavy atom. The van der Waals surface area contributed by atoms with Crippen molar-refractivity contribution < 1.29 is 14.3 Å². The van der Waals surface area contributed by atoms with E-state index in [1.807, 2.05) is 32.0 Å². The van der Waals surface area contributed by atoms with Crippen LogP contribution in [0.15, 0.2) is 18.2 Å². The van der Waals surface area contributed by atoms with Gasteiger partial charge in [-0.05, 0) is 38.0 Å². The smallest absolute Gasteiger partial charge is 0.248 e. The number of hydrogen-bond donors (Lipinski definition) is 1. The molecule has 0 aliphatic carbocycles. The number of aryl methyl sites for hydroxylation is 1. The van der Waals surface area contributed by atoms with Crippen molar-refractivity contribution in [1.82, 2.24) is 4.90 Å². The monoisotopic (exact) mass is 320 g/mol. The number of thioether (sulfide) groups is 1. The Bertz CT molecular complexity index is 634. The molecule has 0 unspecified atom stereocenters. The fourth-order valence-electron chi connectivity index (χ4n) is 3.15. The van der Waals surface area contributed by atoms with Crippen LogP contribution in [-0.2, 0) is 9.59 Å². The molecule has 0 saturated carbocycles. The van der Waals surface area contributed by atoms with Crippen LogP contribution in [0.4, 0.5) is 5.69 Å². The number of nitrogens with zero attached hydrogens (tertiary/aromatic N) is 1. The maximum atomic E-state index is 12.7. The number of benzene rings is 1. The number of methoxy groups -OCH3 is 1. The lowest BCUT2D eigenvalue weighted by molar-refractivity contribution is -0.135. The molecular weight excluding hydrogens is 300 g/mol. The van der Waals surface area contributed by atoms with E-state index >= 15 is 0 Å². The van der Waals surface area contributed by atoms with Gasteiger partial charge in [0.2, 0.25) is 11.8 Å². The van der Waals surface area contributed by atoms with Crippen LogP contribution < -0.4 is 10.1 Å². The van der Waals surface area contributed by atoms with Gasteiger partial charge in [-0.15, -0.1) is 11.8 Å². The second kappa shape index (κ2) is 5.50. The van der Waals surface area contributed by atoms with Gasteiger partial charge in [0.1, 0.15) is 11.8 Å². The predicted octanol–water partition coefficient (Wildman–Crippen LogP) is 2.40. The average Bonchev–Trinajstić information content (AvgIpc) is 2.96. The Balaban J connectivity index is 1.81. The van der Waals surface area contributed by atoms with Crippen molar-refractivity contribution in [2.75, 3.05) is 18.2 Å². The van der Waals surface area contributed by atoms with Crippen molar-refractivity contribution in [3.05, 3.63) is 23.8 Å². The standard InChI is InChI=1S/C16H20N2O3S/c1-10-4-5-13(21-3)11(8-10)17-15(20)12-9-22-16(2)7-6-14(19)18(12)16/h4-5,8,12H,6-7,9H2,1-3H3,(H,17,20)/t12-,16+/m0/s1. The van der Waals surface area contributed by atoms with Crippen LogP contribution in [0.3, 0.4) is 0 Å². The van der Waals surface area contributed by atoms with Gasteiger partial charge in [0.25, 0.3) is 0 Å². The molecule has 2 aliphatic heterocycles. The van der Waals surface area contributed by atoms with Gasteiger partial charge >= 0.3 is 0 Å². The molecule has 118 valence electrons. The molecule has 5 nitrogen and oxygen atoms in total. The molecule has 1 N–H and O–H groups in total. The number of nitrogens with one attached hydrogen (secondary N) is 1. The van der Waals surface area contributed by atoms with Crippen molar-refractivity contribution in [3.63, 3.8) is 0 Å². The Kier molecular flexibility index (Phi) is 3.80. The SMILES string of the molecule is COc1ccc(C)cc1NC(=O)[C@@H]1CS[C@]2(C)CCC(=O)N12. The van der Waals surface area contributed by atoms with Crippen molar-refractivity contribution >= 4 is 29.3 Å². The summed E-state index contributed by atoms with van der Waals surface area (Å²) in [5, 5.41) is 2.92. The first-order chi connectivity index (χ1) is 10.4. The summed E-state index contributed by atoms with van der Waals surface area (Å²) in [7, 11) is 1.58.